The van der Waals surface area contributed by atoms with Crippen molar-refractivity contribution in [2.24, 2.45) is 0 Å². The van der Waals surface area contributed by atoms with Gasteiger partial charge in [0.05, 0.1) is 19.8 Å². The molecule has 10 heteroatoms. The van der Waals surface area contributed by atoms with Crippen molar-refractivity contribution < 1.29 is 14.3 Å². The van der Waals surface area contributed by atoms with Gasteiger partial charge in [-0.3, -0.25) is 9.20 Å². The molecule has 36 heavy (non-hydrogen) atoms. The van der Waals surface area contributed by atoms with Crippen LogP contribution in [-0.4, -0.2) is 57.3 Å². The molecule has 5 rings (SSSR count). The third-order valence-electron chi connectivity index (χ3n) is 5.93. The fourth-order valence-corrected chi connectivity index (χ4v) is 4.11. The molecule has 0 aliphatic carbocycles. The fourth-order valence-electron chi connectivity index (χ4n) is 4.11. The second-order valence-corrected chi connectivity index (χ2v) is 8.48. The highest BCUT2D eigenvalue weighted by atomic mass is 16.5. The minimum absolute atomic E-state index is 0.0360. The number of nitrogens with zero attached hydrogens (tertiary/aromatic N) is 4. The second kappa shape index (κ2) is 10.4. The van der Waals surface area contributed by atoms with Gasteiger partial charge in [0.2, 0.25) is 0 Å². The van der Waals surface area contributed by atoms with Crippen LogP contribution in [0.4, 0.5) is 10.5 Å². The van der Waals surface area contributed by atoms with Crippen LogP contribution in [0.2, 0.25) is 0 Å². The van der Waals surface area contributed by atoms with Crippen molar-refractivity contribution in [2.45, 2.75) is 13.1 Å². The topological polar surface area (TPSA) is 110 Å². The second-order valence-electron chi connectivity index (χ2n) is 8.48. The summed E-state index contributed by atoms with van der Waals surface area (Å²) < 4.78 is 8.18. The van der Waals surface area contributed by atoms with E-state index in [4.69, 9.17) is 4.74 Å². The summed E-state index contributed by atoms with van der Waals surface area (Å²) in [7, 11) is 0. The van der Waals surface area contributed by atoms with Crippen LogP contribution in [0, 0.1) is 0 Å². The first-order valence-electron chi connectivity index (χ1n) is 11.7. The Labute approximate surface area is 207 Å². The number of fused-ring (bicyclic) bond motifs is 1. The van der Waals surface area contributed by atoms with Crippen LogP contribution in [0.5, 0.6) is 0 Å². The number of anilines is 1. The molecule has 2 aromatic heterocycles. The summed E-state index contributed by atoms with van der Waals surface area (Å²) in [5.41, 5.74) is 3.18. The molecule has 3 heterocycles. The molecule has 0 bridgehead atoms. The minimum atomic E-state index is -0.373. The van der Waals surface area contributed by atoms with E-state index in [0.29, 0.717) is 43.2 Å². The maximum atomic E-state index is 12.7. The minimum Gasteiger partial charge on any atom is -0.378 e. The highest BCUT2D eigenvalue weighted by Crippen LogP contribution is 2.13. The van der Waals surface area contributed by atoms with Crippen LogP contribution >= 0.6 is 0 Å². The van der Waals surface area contributed by atoms with Crippen molar-refractivity contribution in [3.05, 3.63) is 100 Å². The van der Waals surface area contributed by atoms with Crippen LogP contribution in [0.25, 0.3) is 5.65 Å². The van der Waals surface area contributed by atoms with Gasteiger partial charge in [-0.2, -0.15) is 0 Å². The van der Waals surface area contributed by atoms with Crippen LogP contribution in [0.3, 0.4) is 0 Å². The van der Waals surface area contributed by atoms with E-state index >= 15 is 0 Å². The number of carbonyl (C=O) groups excluding carboxylic acids is 2. The molecule has 0 unspecified atom stereocenters. The molecular formula is C26H26N6O4. The van der Waals surface area contributed by atoms with E-state index in [9.17, 15) is 14.4 Å². The number of carbonyl (C=O) groups is 2. The Morgan fingerprint density at radius 3 is 2.58 bits per heavy atom. The number of benzene rings is 2. The van der Waals surface area contributed by atoms with Gasteiger partial charge < -0.3 is 20.3 Å². The van der Waals surface area contributed by atoms with Crippen LogP contribution in [0.1, 0.15) is 21.5 Å². The number of aromatic nitrogens is 3. The zero-order valence-corrected chi connectivity index (χ0v) is 19.6. The van der Waals surface area contributed by atoms with E-state index in [1.54, 1.807) is 47.5 Å². The number of ether oxygens (including phenoxy) is 1. The molecule has 10 nitrogen and oxygen atoms in total. The molecule has 4 aromatic rings. The van der Waals surface area contributed by atoms with Crippen LogP contribution < -0.4 is 16.3 Å². The quantitative estimate of drug-likeness (QED) is 0.435. The smallest absolute Gasteiger partial charge is 0.350 e. The Bertz CT molecular complexity index is 1450. The Morgan fingerprint density at radius 1 is 0.944 bits per heavy atom. The van der Waals surface area contributed by atoms with Gasteiger partial charge in [-0.15, -0.1) is 5.10 Å². The van der Waals surface area contributed by atoms with Crippen LogP contribution in [-0.2, 0) is 17.8 Å². The third kappa shape index (κ3) is 5.28. The molecule has 0 atom stereocenters. The number of rotatable bonds is 6. The highest BCUT2D eigenvalue weighted by molar-refractivity contribution is 5.94. The van der Waals surface area contributed by atoms with Crippen molar-refractivity contribution in [3.63, 3.8) is 0 Å². The van der Waals surface area contributed by atoms with Gasteiger partial charge >= 0.3 is 11.7 Å². The zero-order valence-electron chi connectivity index (χ0n) is 19.6. The van der Waals surface area contributed by atoms with E-state index in [2.05, 4.69) is 15.7 Å². The molecule has 1 saturated heterocycles. The van der Waals surface area contributed by atoms with Crippen molar-refractivity contribution in [1.29, 1.82) is 0 Å². The maximum Gasteiger partial charge on any atom is 0.350 e. The van der Waals surface area contributed by atoms with Crippen LogP contribution in [0.15, 0.2) is 77.7 Å². The summed E-state index contributed by atoms with van der Waals surface area (Å²) in [5, 5.41) is 9.98. The normalized spacial score (nSPS) is 13.5. The molecule has 3 amide bonds. The van der Waals surface area contributed by atoms with Gasteiger partial charge in [0.15, 0.2) is 5.65 Å². The van der Waals surface area contributed by atoms with Gasteiger partial charge in [0, 0.05) is 37.1 Å². The number of morpholine rings is 1. The molecule has 1 fully saturated rings. The van der Waals surface area contributed by atoms with Crippen molar-refractivity contribution in [3.8, 4) is 0 Å². The Morgan fingerprint density at radius 2 is 1.75 bits per heavy atom. The van der Waals surface area contributed by atoms with Crippen molar-refractivity contribution in [1.82, 2.24) is 24.4 Å². The summed E-state index contributed by atoms with van der Waals surface area (Å²) in [6.07, 6.45) is 1.68. The molecular weight excluding hydrogens is 460 g/mol. The summed E-state index contributed by atoms with van der Waals surface area (Å²) >= 11 is 0. The Hall–Kier alpha value is -4.44. The molecule has 1 aliphatic rings. The van der Waals surface area contributed by atoms with E-state index in [1.807, 2.05) is 30.3 Å². The molecule has 2 N–H and O–H groups in total. The predicted molar refractivity (Wildman–Crippen MR) is 134 cm³/mol. The van der Waals surface area contributed by atoms with Crippen molar-refractivity contribution in [2.75, 3.05) is 31.6 Å². The third-order valence-corrected chi connectivity index (χ3v) is 5.93. The number of pyridine rings is 1. The van der Waals surface area contributed by atoms with E-state index in [-0.39, 0.29) is 30.7 Å². The fraction of sp³-hybridized carbons (Fsp3) is 0.231. The number of nitrogens with one attached hydrogen (secondary N) is 2. The average Bonchev–Trinajstić information content (AvgIpc) is 3.23. The van der Waals surface area contributed by atoms with Gasteiger partial charge in [-0.25, -0.2) is 14.3 Å². The summed E-state index contributed by atoms with van der Waals surface area (Å²) in [6.45, 7) is 2.80. The first kappa shape index (κ1) is 23.3. The van der Waals surface area contributed by atoms with Gasteiger partial charge in [0.1, 0.15) is 0 Å². The van der Waals surface area contributed by atoms with Gasteiger partial charge in [-0.05, 0) is 47.5 Å². The standard InChI is InChI=1S/C26H26N6O4/c33-24(30-11-13-36-14-12-30)21-7-3-5-19(15-21)17-27-25(34)28-22-8-4-6-20(16-22)18-32-26(35)31-10-2-1-9-23(31)29-32/h1-10,15-16H,11-14,17-18H2,(H2,27,28,34). The number of hydrogen-bond acceptors (Lipinski definition) is 5. The molecule has 184 valence electrons. The summed E-state index contributed by atoms with van der Waals surface area (Å²) in [5.74, 6) is -0.0360. The maximum absolute atomic E-state index is 12.7. The first-order valence-corrected chi connectivity index (χ1v) is 11.7. The lowest BCUT2D eigenvalue weighted by Gasteiger charge is -2.27. The molecule has 0 radical (unpaired) electrons. The number of urea groups is 1. The highest BCUT2D eigenvalue weighted by Gasteiger charge is 2.18. The molecule has 1 aliphatic heterocycles. The first-order chi connectivity index (χ1) is 17.6. The Balaban J connectivity index is 1.19. The monoisotopic (exact) mass is 486 g/mol. The van der Waals surface area contributed by atoms with Gasteiger partial charge in [-0.1, -0.05) is 30.3 Å². The average molecular weight is 487 g/mol. The van der Waals surface area contributed by atoms with Gasteiger partial charge in [0.25, 0.3) is 5.91 Å². The SMILES string of the molecule is O=C(NCc1cccc(C(=O)N2CCOCC2)c1)Nc1cccc(Cn2nc3ccccn3c2=O)c1. The largest absolute Gasteiger partial charge is 0.378 e. The number of amides is 3. The number of hydrogen-bond donors (Lipinski definition) is 2. The lowest BCUT2D eigenvalue weighted by molar-refractivity contribution is 0.0303. The molecule has 0 spiro atoms. The summed E-state index contributed by atoms with van der Waals surface area (Å²) in [4.78, 5) is 39.5. The predicted octanol–water partition coefficient (Wildman–Crippen LogP) is 2.34. The lowest BCUT2D eigenvalue weighted by Crippen LogP contribution is -2.40. The lowest BCUT2D eigenvalue weighted by atomic mass is 10.1. The summed E-state index contributed by atoms with van der Waals surface area (Å²) in [6, 6.07) is 19.5. The van der Waals surface area contributed by atoms with Crippen molar-refractivity contribution >= 4 is 23.3 Å². The van der Waals surface area contributed by atoms with E-state index in [1.165, 1.54) is 9.08 Å². The Kier molecular flexibility index (Phi) is 6.76. The van der Waals surface area contributed by atoms with E-state index < -0.39 is 0 Å². The zero-order chi connectivity index (χ0) is 24.9. The molecule has 2 aromatic carbocycles. The molecule has 0 saturated carbocycles. The van der Waals surface area contributed by atoms with E-state index in [0.717, 1.165) is 11.1 Å².